The highest BCUT2D eigenvalue weighted by Crippen LogP contribution is 2.26. The molecular weight excluding hydrogens is 483 g/mol. The van der Waals surface area contributed by atoms with E-state index in [9.17, 15) is 26.4 Å². The van der Waals surface area contributed by atoms with E-state index in [4.69, 9.17) is 10.5 Å². The number of benzene rings is 1. The molecule has 0 saturated heterocycles. The minimum Gasteiger partial charge on any atom is -0.463 e. The van der Waals surface area contributed by atoms with Gasteiger partial charge in [0.1, 0.15) is 29.6 Å². The van der Waals surface area contributed by atoms with Gasteiger partial charge in [0.2, 0.25) is 0 Å². The molecule has 0 unspecified atom stereocenters. The van der Waals surface area contributed by atoms with E-state index in [1.54, 1.807) is 25.1 Å². The van der Waals surface area contributed by atoms with Crippen molar-refractivity contribution in [2.24, 2.45) is 10.7 Å². The van der Waals surface area contributed by atoms with Gasteiger partial charge in [-0.1, -0.05) is 12.1 Å². The van der Waals surface area contributed by atoms with Gasteiger partial charge in [-0.15, -0.1) is 0 Å². The number of carbonyl (C=O) groups excluding carboxylic acids is 1. The van der Waals surface area contributed by atoms with Gasteiger partial charge in [0.15, 0.2) is 15.7 Å². The zero-order valence-electron chi connectivity index (χ0n) is 18.0. The number of hydrogen-bond donors (Lipinski definition) is 1. The van der Waals surface area contributed by atoms with E-state index >= 15 is 0 Å². The first kappa shape index (κ1) is 26.4. The first-order chi connectivity index (χ1) is 15.3. The average Bonchev–Trinajstić information content (AvgIpc) is 3.19. The number of aliphatic imine (C=N–C) groups is 1. The molecule has 1 heterocycles. The summed E-state index contributed by atoms with van der Waals surface area (Å²) in [5, 5.41) is 0.246. The lowest BCUT2D eigenvalue weighted by atomic mass is 10.2. The first-order valence-corrected chi connectivity index (χ1v) is 12.0. The first-order valence-electron chi connectivity index (χ1n) is 9.31. The normalized spacial score (nSPS) is 13.4. The number of carbonyl (C=O) groups is 1. The quantitative estimate of drug-likeness (QED) is 0.404. The second kappa shape index (κ2) is 10.9. The number of nitrogens with two attached hydrogens (primary N) is 1. The smallest absolute Gasteiger partial charge is 0.430 e. The maximum absolute atomic E-state index is 13.0. The van der Waals surface area contributed by atoms with Gasteiger partial charge < -0.3 is 15.4 Å². The Morgan fingerprint density at radius 2 is 2.03 bits per heavy atom. The van der Waals surface area contributed by atoms with E-state index in [2.05, 4.69) is 14.3 Å². The molecule has 2 N–H and O–H groups in total. The van der Waals surface area contributed by atoms with Crippen molar-refractivity contribution in [3.05, 3.63) is 41.9 Å². The van der Waals surface area contributed by atoms with Crippen LogP contribution in [0.1, 0.15) is 5.82 Å². The Morgan fingerprint density at radius 1 is 1.33 bits per heavy atom. The van der Waals surface area contributed by atoms with Crippen molar-refractivity contribution in [1.29, 1.82) is 0 Å². The Bertz CT molecular complexity index is 1160. The summed E-state index contributed by atoms with van der Waals surface area (Å²) in [4.78, 5) is 21.7. The highest BCUT2D eigenvalue weighted by molar-refractivity contribution is 7.90. The Kier molecular flexibility index (Phi) is 8.69. The molecule has 0 aliphatic rings. The van der Waals surface area contributed by atoms with Crippen molar-refractivity contribution in [3.63, 3.8) is 0 Å². The Labute approximate surface area is 192 Å². The van der Waals surface area contributed by atoms with Gasteiger partial charge >= 0.3 is 12.1 Å². The summed E-state index contributed by atoms with van der Waals surface area (Å²) in [5.41, 5.74) is 3.70. The van der Waals surface area contributed by atoms with Crippen molar-refractivity contribution in [2.45, 2.75) is 11.1 Å². The topological polar surface area (TPSA) is 128 Å². The maximum Gasteiger partial charge on any atom is 0.430 e. The van der Waals surface area contributed by atoms with E-state index in [-0.39, 0.29) is 28.0 Å². The Morgan fingerprint density at radius 3 is 2.64 bits per heavy atom. The standard InChI is InChI=1S/C19H22F3N5O4S2/c1-27(2)7-8-31-16(28)11-24-14(10-15(23)19(20,21)22)17-25-18(32-26-17)12-5-4-6-13(9-12)33(3,29)30/h4-6,9-10H,7-8,11,23H2,1-3H3/b15-10-,24-14?. The molecular formula is C19H22F3N5O4S2. The number of likely N-dealkylation sites (N-methyl/N-ethyl adjacent to an activating group) is 1. The predicted molar refractivity (Wildman–Crippen MR) is 118 cm³/mol. The Hall–Kier alpha value is -2.84. The molecule has 0 radical (unpaired) electrons. The number of halogens is 3. The zero-order valence-corrected chi connectivity index (χ0v) is 19.6. The van der Waals surface area contributed by atoms with Crippen LogP contribution in [-0.2, 0) is 19.4 Å². The largest absolute Gasteiger partial charge is 0.463 e. The summed E-state index contributed by atoms with van der Waals surface area (Å²) in [6.45, 7) is -0.0116. The van der Waals surface area contributed by atoms with Crippen LogP contribution in [0.2, 0.25) is 0 Å². The summed E-state index contributed by atoms with van der Waals surface area (Å²) in [7, 11) is 0.0881. The van der Waals surface area contributed by atoms with Gasteiger partial charge in [-0.05, 0) is 43.8 Å². The van der Waals surface area contributed by atoms with Crippen LogP contribution >= 0.6 is 11.5 Å². The number of ether oxygens (including phenoxy) is 1. The van der Waals surface area contributed by atoms with Crippen molar-refractivity contribution in [3.8, 4) is 10.6 Å². The molecule has 33 heavy (non-hydrogen) atoms. The number of alkyl halides is 3. The van der Waals surface area contributed by atoms with Gasteiger partial charge in [0, 0.05) is 18.4 Å². The minimum absolute atomic E-state index is 0.0484. The molecule has 0 saturated carbocycles. The molecule has 14 heteroatoms. The molecule has 2 rings (SSSR count). The molecule has 0 aliphatic carbocycles. The van der Waals surface area contributed by atoms with Crippen LogP contribution in [0.25, 0.3) is 10.6 Å². The molecule has 9 nitrogen and oxygen atoms in total. The number of rotatable bonds is 9. The summed E-state index contributed by atoms with van der Waals surface area (Å²) in [6.07, 6.45) is -3.24. The van der Waals surface area contributed by atoms with E-state index in [0.29, 0.717) is 18.2 Å². The highest BCUT2D eigenvalue weighted by atomic mass is 32.2. The molecule has 0 atom stereocenters. The number of sulfone groups is 1. The van der Waals surface area contributed by atoms with E-state index in [1.807, 2.05) is 0 Å². The van der Waals surface area contributed by atoms with E-state index < -0.39 is 34.2 Å². The highest BCUT2D eigenvalue weighted by Gasteiger charge is 2.32. The minimum atomic E-state index is -4.82. The fourth-order valence-electron chi connectivity index (χ4n) is 2.25. The van der Waals surface area contributed by atoms with Crippen molar-refractivity contribution < 1.29 is 31.1 Å². The summed E-state index contributed by atoms with van der Waals surface area (Å²) >= 11 is 0.826. The van der Waals surface area contributed by atoms with Gasteiger partial charge in [-0.2, -0.15) is 17.5 Å². The number of aromatic nitrogens is 2. The number of esters is 1. The molecule has 0 bridgehead atoms. The average molecular weight is 506 g/mol. The van der Waals surface area contributed by atoms with E-state index in [1.165, 1.54) is 18.2 Å². The molecule has 2 aromatic rings. The lowest BCUT2D eigenvalue weighted by molar-refractivity contribution is -0.142. The monoisotopic (exact) mass is 505 g/mol. The summed E-state index contributed by atoms with van der Waals surface area (Å²) in [6, 6.07) is 5.87. The lowest BCUT2D eigenvalue weighted by Gasteiger charge is -2.09. The maximum atomic E-state index is 13.0. The van der Waals surface area contributed by atoms with Crippen LogP contribution in [0.3, 0.4) is 0 Å². The van der Waals surface area contributed by atoms with Crippen LogP contribution in [-0.4, -0.2) is 80.6 Å². The van der Waals surface area contributed by atoms with Crippen LogP contribution in [0.5, 0.6) is 0 Å². The van der Waals surface area contributed by atoms with Crippen molar-refractivity contribution in [1.82, 2.24) is 14.3 Å². The molecule has 1 aromatic carbocycles. The second-order valence-electron chi connectivity index (χ2n) is 7.05. The van der Waals surface area contributed by atoms with Crippen molar-refractivity contribution >= 4 is 33.1 Å². The van der Waals surface area contributed by atoms with Gasteiger partial charge in [-0.25, -0.2) is 13.4 Å². The fourth-order valence-corrected chi connectivity index (χ4v) is 3.59. The van der Waals surface area contributed by atoms with Crippen LogP contribution < -0.4 is 5.73 Å². The second-order valence-corrected chi connectivity index (χ2v) is 9.81. The number of hydrogen-bond acceptors (Lipinski definition) is 10. The molecule has 0 amide bonds. The Balaban J connectivity index is 2.35. The SMILES string of the molecule is CN(C)CCOC(=O)CN=C(/C=C(\N)C(F)(F)F)c1nsc(-c2cccc(S(C)(=O)=O)c2)n1. The third-order valence-corrected chi connectivity index (χ3v) is 5.84. The van der Waals surface area contributed by atoms with Gasteiger partial charge in [-0.3, -0.25) is 9.79 Å². The van der Waals surface area contributed by atoms with Crippen LogP contribution in [0, 0.1) is 0 Å². The van der Waals surface area contributed by atoms with E-state index in [0.717, 1.165) is 17.8 Å². The molecule has 1 aromatic heterocycles. The van der Waals surface area contributed by atoms with Gasteiger partial charge in [0.25, 0.3) is 0 Å². The molecule has 0 spiro atoms. The van der Waals surface area contributed by atoms with Crippen LogP contribution in [0.15, 0.2) is 45.9 Å². The molecule has 0 aliphatic heterocycles. The molecule has 0 fully saturated rings. The number of nitrogens with zero attached hydrogens (tertiary/aromatic N) is 4. The lowest BCUT2D eigenvalue weighted by Crippen LogP contribution is -2.22. The van der Waals surface area contributed by atoms with Gasteiger partial charge in [0.05, 0.1) is 4.90 Å². The molecule has 180 valence electrons. The number of allylic oxidation sites excluding steroid dienone is 2. The fraction of sp³-hybridized carbons (Fsp3) is 0.368. The predicted octanol–water partition coefficient (Wildman–Crippen LogP) is 1.91. The van der Waals surface area contributed by atoms with Crippen molar-refractivity contribution in [2.75, 3.05) is 40.0 Å². The zero-order chi connectivity index (χ0) is 24.8. The summed E-state index contributed by atoms with van der Waals surface area (Å²) in [5.74, 6) is -0.947. The third kappa shape index (κ3) is 8.22. The summed E-state index contributed by atoms with van der Waals surface area (Å²) < 4.78 is 71.4. The van der Waals surface area contributed by atoms with Crippen LogP contribution in [0.4, 0.5) is 13.2 Å². The third-order valence-electron chi connectivity index (χ3n) is 3.96.